The van der Waals surface area contributed by atoms with Crippen LogP contribution in [0.5, 0.6) is 0 Å². The van der Waals surface area contributed by atoms with Crippen LogP contribution in [0.15, 0.2) is 23.1 Å². The zero-order valence-corrected chi connectivity index (χ0v) is 12.5. The lowest BCUT2D eigenvalue weighted by Crippen LogP contribution is -2.25. The molecular formula is C13H21FN2O3S. The van der Waals surface area contributed by atoms with Gasteiger partial charge in [0.1, 0.15) is 5.82 Å². The minimum atomic E-state index is -3.69. The van der Waals surface area contributed by atoms with E-state index >= 15 is 0 Å². The van der Waals surface area contributed by atoms with Gasteiger partial charge in [-0.3, -0.25) is 0 Å². The van der Waals surface area contributed by atoms with Crippen LogP contribution in [0.25, 0.3) is 0 Å². The molecule has 0 aliphatic carbocycles. The van der Waals surface area contributed by atoms with Crippen molar-refractivity contribution in [2.75, 3.05) is 18.9 Å². The second-order valence-corrected chi connectivity index (χ2v) is 6.47. The Hall–Kier alpha value is -1.18. The van der Waals surface area contributed by atoms with Gasteiger partial charge in [0.05, 0.1) is 16.7 Å². The molecule has 0 saturated carbocycles. The monoisotopic (exact) mass is 304 g/mol. The van der Waals surface area contributed by atoms with Gasteiger partial charge in [0.15, 0.2) is 0 Å². The molecule has 0 fully saturated rings. The van der Waals surface area contributed by atoms with Gasteiger partial charge in [0.25, 0.3) is 0 Å². The van der Waals surface area contributed by atoms with E-state index in [-0.39, 0.29) is 23.2 Å². The van der Waals surface area contributed by atoms with E-state index in [1.54, 1.807) is 0 Å². The number of hydrogen-bond acceptors (Lipinski definition) is 4. The first-order valence-electron chi connectivity index (χ1n) is 6.49. The molecule has 0 atom stereocenters. The maximum Gasteiger partial charge on any atom is 0.240 e. The summed E-state index contributed by atoms with van der Waals surface area (Å²) in [7, 11) is -3.69. The summed E-state index contributed by atoms with van der Waals surface area (Å²) in [4.78, 5) is -0.123. The third-order valence-corrected chi connectivity index (χ3v) is 4.06. The minimum Gasteiger partial charge on any atom is -0.396 e. The molecule has 0 amide bonds. The van der Waals surface area contributed by atoms with Crippen molar-refractivity contribution >= 4 is 15.7 Å². The lowest BCUT2D eigenvalue weighted by molar-refractivity contribution is 0.0762. The molecule has 0 spiro atoms. The summed E-state index contributed by atoms with van der Waals surface area (Å²) in [6.45, 7) is 4.77. The Morgan fingerprint density at radius 3 is 2.65 bits per heavy atom. The van der Waals surface area contributed by atoms with E-state index in [0.29, 0.717) is 13.0 Å². The van der Waals surface area contributed by atoms with Crippen LogP contribution in [0.1, 0.15) is 26.7 Å². The normalized spacial score (nSPS) is 12.0. The molecule has 20 heavy (non-hydrogen) atoms. The van der Waals surface area contributed by atoms with E-state index < -0.39 is 15.8 Å². The highest BCUT2D eigenvalue weighted by molar-refractivity contribution is 7.89. The van der Waals surface area contributed by atoms with Crippen LogP contribution in [-0.4, -0.2) is 27.7 Å². The van der Waals surface area contributed by atoms with Crippen LogP contribution in [0, 0.1) is 5.82 Å². The third kappa shape index (κ3) is 5.44. The zero-order chi connectivity index (χ0) is 15.2. The Morgan fingerprint density at radius 2 is 2.05 bits per heavy atom. The third-order valence-electron chi connectivity index (χ3n) is 2.60. The smallest absolute Gasteiger partial charge is 0.240 e. The maximum absolute atomic E-state index is 13.2. The van der Waals surface area contributed by atoms with Crippen LogP contribution in [0.2, 0.25) is 0 Å². The number of hydrogen-bond donors (Lipinski definition) is 2. The van der Waals surface area contributed by atoms with Gasteiger partial charge >= 0.3 is 0 Å². The van der Waals surface area contributed by atoms with E-state index in [1.807, 2.05) is 13.8 Å². The number of nitrogen functional groups attached to an aromatic ring is 1. The van der Waals surface area contributed by atoms with E-state index in [1.165, 1.54) is 12.1 Å². The molecular weight excluding hydrogens is 283 g/mol. The molecule has 0 heterocycles. The highest BCUT2D eigenvalue weighted by Gasteiger charge is 2.14. The first-order chi connectivity index (χ1) is 9.33. The fourth-order valence-electron chi connectivity index (χ4n) is 1.51. The van der Waals surface area contributed by atoms with Crippen LogP contribution in [0.3, 0.4) is 0 Å². The molecule has 3 N–H and O–H groups in total. The number of rotatable bonds is 8. The SMILES string of the molecule is CC(C)OCCCCNS(=O)(=O)c1ccc(N)c(F)c1. The van der Waals surface area contributed by atoms with Gasteiger partial charge < -0.3 is 10.5 Å². The van der Waals surface area contributed by atoms with Gasteiger partial charge in [-0.15, -0.1) is 0 Å². The summed E-state index contributed by atoms with van der Waals surface area (Å²) >= 11 is 0. The molecule has 0 unspecified atom stereocenters. The number of ether oxygens (including phenoxy) is 1. The summed E-state index contributed by atoms with van der Waals surface area (Å²) in [5.41, 5.74) is 5.23. The highest BCUT2D eigenvalue weighted by atomic mass is 32.2. The fourth-order valence-corrected chi connectivity index (χ4v) is 2.60. The lowest BCUT2D eigenvalue weighted by atomic mass is 10.3. The molecule has 114 valence electrons. The number of sulfonamides is 1. The second kappa shape index (κ2) is 7.56. The predicted octanol–water partition coefficient (Wildman–Crippen LogP) is 1.89. The van der Waals surface area contributed by atoms with Gasteiger partial charge in [-0.25, -0.2) is 17.5 Å². The Balaban J connectivity index is 2.43. The number of nitrogens with two attached hydrogens (primary N) is 1. The summed E-state index contributed by atoms with van der Waals surface area (Å²) < 4.78 is 44.8. The van der Waals surface area contributed by atoms with Crippen LogP contribution in [-0.2, 0) is 14.8 Å². The van der Waals surface area contributed by atoms with Gasteiger partial charge in [0.2, 0.25) is 10.0 Å². The molecule has 1 rings (SSSR count). The van der Waals surface area contributed by atoms with Crippen LogP contribution < -0.4 is 10.5 Å². The molecule has 0 aliphatic rings. The van der Waals surface area contributed by atoms with Crippen LogP contribution in [0.4, 0.5) is 10.1 Å². The van der Waals surface area contributed by atoms with E-state index in [4.69, 9.17) is 10.5 Å². The van der Waals surface area contributed by atoms with Crippen molar-refractivity contribution in [3.05, 3.63) is 24.0 Å². The number of unbranched alkanes of at least 4 members (excludes halogenated alkanes) is 1. The van der Waals surface area contributed by atoms with Crippen molar-refractivity contribution in [3.63, 3.8) is 0 Å². The maximum atomic E-state index is 13.2. The fraction of sp³-hybridized carbons (Fsp3) is 0.538. The average molecular weight is 304 g/mol. The molecule has 7 heteroatoms. The largest absolute Gasteiger partial charge is 0.396 e. The van der Waals surface area contributed by atoms with Crippen molar-refractivity contribution in [1.82, 2.24) is 4.72 Å². The quantitative estimate of drug-likeness (QED) is 0.567. The van der Waals surface area contributed by atoms with Gasteiger partial charge in [-0.05, 0) is 44.9 Å². The summed E-state index contributed by atoms with van der Waals surface area (Å²) in [6.07, 6.45) is 1.59. The van der Waals surface area contributed by atoms with Crippen molar-refractivity contribution in [3.8, 4) is 0 Å². The molecule has 1 aromatic carbocycles. The van der Waals surface area contributed by atoms with Crippen molar-refractivity contribution in [2.45, 2.75) is 37.7 Å². The number of halogens is 1. The highest BCUT2D eigenvalue weighted by Crippen LogP contribution is 2.16. The lowest BCUT2D eigenvalue weighted by Gasteiger charge is -2.09. The predicted molar refractivity (Wildman–Crippen MR) is 76.3 cm³/mol. The summed E-state index contributed by atoms with van der Waals surface area (Å²) in [6, 6.07) is 3.43. The van der Waals surface area contributed by atoms with Gasteiger partial charge in [-0.1, -0.05) is 0 Å². The Labute approximate surface area is 119 Å². The van der Waals surface area contributed by atoms with Gasteiger partial charge in [-0.2, -0.15) is 0 Å². The van der Waals surface area contributed by atoms with Gasteiger partial charge in [0, 0.05) is 13.2 Å². The number of benzene rings is 1. The van der Waals surface area contributed by atoms with E-state index in [9.17, 15) is 12.8 Å². The number of anilines is 1. The summed E-state index contributed by atoms with van der Waals surface area (Å²) in [5, 5.41) is 0. The average Bonchev–Trinajstić information content (AvgIpc) is 2.36. The van der Waals surface area contributed by atoms with Crippen molar-refractivity contribution in [2.24, 2.45) is 0 Å². The molecule has 0 saturated heterocycles. The molecule has 1 aromatic rings. The van der Waals surface area contributed by atoms with Crippen molar-refractivity contribution in [1.29, 1.82) is 0 Å². The Morgan fingerprint density at radius 1 is 1.35 bits per heavy atom. The van der Waals surface area contributed by atoms with E-state index in [0.717, 1.165) is 12.5 Å². The van der Waals surface area contributed by atoms with E-state index in [2.05, 4.69) is 4.72 Å². The molecule has 0 radical (unpaired) electrons. The zero-order valence-electron chi connectivity index (χ0n) is 11.7. The Bertz CT molecular complexity index is 532. The first-order valence-corrected chi connectivity index (χ1v) is 7.97. The standard InChI is InChI=1S/C13H21FN2O3S/c1-10(2)19-8-4-3-7-16-20(17,18)11-5-6-13(15)12(14)9-11/h5-6,9-10,16H,3-4,7-8,15H2,1-2H3. The van der Waals surface area contributed by atoms with Crippen LogP contribution >= 0.6 is 0 Å². The summed E-state index contributed by atoms with van der Waals surface area (Å²) in [5.74, 6) is -0.738. The molecule has 5 nitrogen and oxygen atoms in total. The van der Waals surface area contributed by atoms with Crippen molar-refractivity contribution < 1.29 is 17.5 Å². The molecule has 0 aliphatic heterocycles. The topological polar surface area (TPSA) is 81.4 Å². The number of nitrogens with one attached hydrogen (secondary N) is 1. The second-order valence-electron chi connectivity index (χ2n) is 4.71. The molecule has 0 aromatic heterocycles. The molecule has 0 bridgehead atoms. The minimum absolute atomic E-state index is 0.0743. The Kier molecular flexibility index (Phi) is 6.38. The first kappa shape index (κ1) is 16.9.